The van der Waals surface area contributed by atoms with Crippen molar-refractivity contribution >= 4 is 11.6 Å². The Morgan fingerprint density at radius 1 is 1.65 bits per heavy atom. The second-order valence-electron chi connectivity index (χ2n) is 3.43. The van der Waals surface area contributed by atoms with E-state index in [2.05, 4.69) is 10.1 Å². The van der Waals surface area contributed by atoms with Crippen LogP contribution in [0.2, 0.25) is 0 Å². The van der Waals surface area contributed by atoms with Crippen molar-refractivity contribution in [3.63, 3.8) is 0 Å². The number of esters is 1. The highest BCUT2D eigenvalue weighted by atomic mass is 16.5. The second-order valence-corrected chi connectivity index (χ2v) is 3.43. The minimum absolute atomic E-state index is 0.131. The van der Waals surface area contributed by atoms with Gasteiger partial charge in [-0.3, -0.25) is 4.79 Å². The molecule has 2 aromatic heterocycles. The van der Waals surface area contributed by atoms with Crippen LogP contribution in [0.1, 0.15) is 23.0 Å². The van der Waals surface area contributed by atoms with E-state index >= 15 is 0 Å². The standard InChI is InChI=1S/C10H11N3O4/c1-3-17-10(16)8-5(2)12-13-7(15)4-6(14)11-9(8)13/h4,15H,3H2,1-2H3,(H,11,14). The molecule has 2 aromatic rings. The van der Waals surface area contributed by atoms with E-state index in [0.717, 1.165) is 10.6 Å². The predicted octanol–water partition coefficient (Wildman–Crippen LogP) is 0.213. The molecule has 0 bridgehead atoms. The fraction of sp³-hybridized carbons (Fsp3) is 0.300. The van der Waals surface area contributed by atoms with Crippen LogP contribution in [0.3, 0.4) is 0 Å². The number of nitrogens with one attached hydrogen (secondary N) is 1. The zero-order chi connectivity index (χ0) is 12.6. The first-order valence-corrected chi connectivity index (χ1v) is 5.03. The van der Waals surface area contributed by atoms with E-state index in [0.29, 0.717) is 5.69 Å². The lowest BCUT2D eigenvalue weighted by Gasteiger charge is -2.00. The Morgan fingerprint density at radius 2 is 2.35 bits per heavy atom. The van der Waals surface area contributed by atoms with Crippen LogP contribution in [0.4, 0.5) is 0 Å². The van der Waals surface area contributed by atoms with Gasteiger partial charge in [-0.25, -0.2) is 4.79 Å². The predicted molar refractivity (Wildman–Crippen MR) is 58.2 cm³/mol. The molecule has 90 valence electrons. The van der Waals surface area contributed by atoms with Gasteiger partial charge in [0.1, 0.15) is 5.56 Å². The van der Waals surface area contributed by atoms with Crippen LogP contribution in [0.25, 0.3) is 5.65 Å². The SMILES string of the molecule is CCOC(=O)c1c(C)nn2c(O)cc(=O)[nH]c12. The third-order valence-corrected chi connectivity index (χ3v) is 2.26. The van der Waals surface area contributed by atoms with E-state index in [-0.39, 0.29) is 23.7 Å². The minimum atomic E-state index is -0.582. The monoisotopic (exact) mass is 237 g/mol. The lowest BCUT2D eigenvalue weighted by molar-refractivity contribution is 0.0527. The first-order chi connectivity index (χ1) is 8.04. The maximum atomic E-state index is 11.7. The van der Waals surface area contributed by atoms with Gasteiger partial charge in [-0.1, -0.05) is 0 Å². The number of hydrogen-bond donors (Lipinski definition) is 2. The van der Waals surface area contributed by atoms with Gasteiger partial charge < -0.3 is 14.8 Å². The molecule has 0 fully saturated rings. The van der Waals surface area contributed by atoms with Gasteiger partial charge in [0.2, 0.25) is 5.88 Å². The summed E-state index contributed by atoms with van der Waals surface area (Å²) in [6.07, 6.45) is 0. The highest BCUT2D eigenvalue weighted by Crippen LogP contribution is 2.17. The van der Waals surface area contributed by atoms with E-state index in [9.17, 15) is 14.7 Å². The molecule has 0 aromatic carbocycles. The van der Waals surface area contributed by atoms with E-state index < -0.39 is 11.5 Å². The van der Waals surface area contributed by atoms with Crippen molar-refractivity contribution in [2.24, 2.45) is 0 Å². The van der Waals surface area contributed by atoms with Crippen molar-refractivity contribution in [1.82, 2.24) is 14.6 Å². The van der Waals surface area contributed by atoms with Crippen LogP contribution in [0.15, 0.2) is 10.9 Å². The van der Waals surface area contributed by atoms with Crippen molar-refractivity contribution in [3.8, 4) is 5.88 Å². The number of H-pyrrole nitrogens is 1. The Bertz CT molecular complexity index is 641. The van der Waals surface area contributed by atoms with Gasteiger partial charge in [-0.15, -0.1) is 0 Å². The number of ether oxygens (including phenoxy) is 1. The number of aromatic hydroxyl groups is 1. The number of aromatic nitrogens is 3. The zero-order valence-electron chi connectivity index (χ0n) is 9.35. The van der Waals surface area contributed by atoms with Crippen LogP contribution in [0.5, 0.6) is 5.88 Å². The Kier molecular flexibility index (Phi) is 2.58. The van der Waals surface area contributed by atoms with Gasteiger partial charge >= 0.3 is 5.97 Å². The molecular formula is C10H11N3O4. The Hall–Kier alpha value is -2.31. The Balaban J connectivity index is 2.75. The highest BCUT2D eigenvalue weighted by Gasteiger charge is 2.20. The van der Waals surface area contributed by atoms with Crippen LogP contribution in [-0.2, 0) is 4.74 Å². The molecule has 0 unspecified atom stereocenters. The molecule has 0 aliphatic carbocycles. The van der Waals surface area contributed by atoms with Gasteiger partial charge in [-0.05, 0) is 13.8 Å². The van der Waals surface area contributed by atoms with Crippen LogP contribution >= 0.6 is 0 Å². The zero-order valence-corrected chi connectivity index (χ0v) is 9.35. The molecule has 0 atom stereocenters. The molecule has 2 N–H and O–H groups in total. The van der Waals surface area contributed by atoms with E-state index in [4.69, 9.17) is 4.74 Å². The molecular weight excluding hydrogens is 226 g/mol. The summed E-state index contributed by atoms with van der Waals surface area (Å²) in [6.45, 7) is 3.49. The number of fused-ring (bicyclic) bond motifs is 1. The molecule has 7 heteroatoms. The number of nitrogens with zero attached hydrogens (tertiary/aromatic N) is 2. The smallest absolute Gasteiger partial charge is 0.343 e. The number of rotatable bonds is 2. The summed E-state index contributed by atoms with van der Waals surface area (Å²) in [5.41, 5.74) is 0.145. The summed E-state index contributed by atoms with van der Waals surface area (Å²) in [5.74, 6) is -0.913. The summed E-state index contributed by atoms with van der Waals surface area (Å²) in [7, 11) is 0. The van der Waals surface area contributed by atoms with E-state index in [1.807, 2.05) is 0 Å². The third-order valence-electron chi connectivity index (χ3n) is 2.26. The lowest BCUT2D eigenvalue weighted by atomic mass is 10.2. The molecule has 0 saturated carbocycles. The number of carbonyl (C=O) groups excluding carboxylic acids is 1. The molecule has 0 amide bonds. The van der Waals surface area contributed by atoms with Crippen LogP contribution in [-0.4, -0.2) is 32.3 Å². The second kappa shape index (κ2) is 3.93. The Morgan fingerprint density at radius 3 is 3.00 bits per heavy atom. The van der Waals surface area contributed by atoms with Crippen molar-refractivity contribution in [1.29, 1.82) is 0 Å². The molecule has 0 aliphatic rings. The summed E-state index contributed by atoms with van der Waals surface area (Å²) in [6, 6.07) is 0.981. The molecule has 17 heavy (non-hydrogen) atoms. The minimum Gasteiger partial charge on any atom is -0.493 e. The largest absolute Gasteiger partial charge is 0.493 e. The Labute approximate surface area is 95.6 Å². The number of aromatic amines is 1. The summed E-state index contributed by atoms with van der Waals surface area (Å²) in [5, 5.41) is 13.5. The van der Waals surface area contributed by atoms with Crippen molar-refractivity contribution < 1.29 is 14.6 Å². The topological polar surface area (TPSA) is 96.7 Å². The van der Waals surface area contributed by atoms with Gasteiger partial charge in [-0.2, -0.15) is 9.61 Å². The van der Waals surface area contributed by atoms with Gasteiger partial charge in [0.15, 0.2) is 5.65 Å². The fourth-order valence-corrected chi connectivity index (χ4v) is 1.59. The first-order valence-electron chi connectivity index (χ1n) is 5.03. The lowest BCUT2D eigenvalue weighted by Crippen LogP contribution is -2.11. The van der Waals surface area contributed by atoms with Gasteiger partial charge in [0.05, 0.1) is 18.4 Å². The van der Waals surface area contributed by atoms with Gasteiger partial charge in [0, 0.05) is 0 Å². The van der Waals surface area contributed by atoms with Crippen molar-refractivity contribution in [3.05, 3.63) is 27.7 Å². The number of aryl methyl sites for hydroxylation is 1. The molecule has 2 rings (SSSR count). The molecule has 0 aliphatic heterocycles. The molecule has 0 saturated heterocycles. The molecule has 2 heterocycles. The quantitative estimate of drug-likeness (QED) is 0.728. The van der Waals surface area contributed by atoms with Gasteiger partial charge in [0.25, 0.3) is 5.56 Å². The first kappa shape index (κ1) is 11.2. The highest BCUT2D eigenvalue weighted by molar-refractivity contribution is 5.97. The maximum Gasteiger partial charge on any atom is 0.343 e. The van der Waals surface area contributed by atoms with Crippen molar-refractivity contribution in [2.75, 3.05) is 6.61 Å². The van der Waals surface area contributed by atoms with Crippen LogP contribution in [0, 0.1) is 6.92 Å². The van der Waals surface area contributed by atoms with E-state index in [1.54, 1.807) is 13.8 Å². The molecule has 0 radical (unpaired) electrons. The number of hydrogen-bond acceptors (Lipinski definition) is 5. The average Bonchev–Trinajstić information content (AvgIpc) is 2.55. The van der Waals surface area contributed by atoms with E-state index in [1.165, 1.54) is 0 Å². The fourth-order valence-electron chi connectivity index (χ4n) is 1.59. The normalized spacial score (nSPS) is 10.7. The summed E-state index contributed by atoms with van der Waals surface area (Å²) >= 11 is 0. The van der Waals surface area contributed by atoms with Crippen molar-refractivity contribution in [2.45, 2.75) is 13.8 Å². The average molecular weight is 237 g/mol. The summed E-state index contributed by atoms with van der Waals surface area (Å²) in [4.78, 5) is 25.4. The number of carbonyl (C=O) groups is 1. The third kappa shape index (κ3) is 1.75. The van der Waals surface area contributed by atoms with Crippen LogP contribution < -0.4 is 5.56 Å². The molecule has 7 nitrogen and oxygen atoms in total. The molecule has 0 spiro atoms. The maximum absolute atomic E-state index is 11.7. The summed E-state index contributed by atoms with van der Waals surface area (Å²) < 4.78 is 5.95.